The Balaban J connectivity index is 1.61. The zero-order valence-corrected chi connectivity index (χ0v) is 16.9. The summed E-state index contributed by atoms with van der Waals surface area (Å²) >= 11 is 1.72. The van der Waals surface area contributed by atoms with Crippen LogP contribution in [0.5, 0.6) is 0 Å². The van der Waals surface area contributed by atoms with Crippen molar-refractivity contribution in [2.24, 2.45) is 0 Å². The maximum Gasteiger partial charge on any atom is 0.445 e. The standard InChI is InChI=1S/C16H13F3N4O3S3/c17-16(18,19)14-22-23-15(28-14)21-13(24)10-3-5-12(6-4-10)29(25,26)20-8-7-11-2-1-9-27-11/h1-6,9,20H,7-8H2,(H,21,23,24). The molecule has 2 aromatic heterocycles. The number of carbonyl (C=O) groups is 1. The second-order valence-corrected chi connectivity index (χ2v) is 9.39. The van der Waals surface area contributed by atoms with E-state index in [1.165, 1.54) is 35.6 Å². The second kappa shape index (κ2) is 8.57. The van der Waals surface area contributed by atoms with E-state index in [0.29, 0.717) is 6.42 Å². The Morgan fingerprint density at radius 3 is 2.41 bits per heavy atom. The highest BCUT2D eigenvalue weighted by Crippen LogP contribution is 2.33. The van der Waals surface area contributed by atoms with Gasteiger partial charge in [-0.15, -0.1) is 21.5 Å². The summed E-state index contributed by atoms with van der Waals surface area (Å²) in [7, 11) is -3.75. The van der Waals surface area contributed by atoms with Gasteiger partial charge in [-0.25, -0.2) is 13.1 Å². The second-order valence-electron chi connectivity index (χ2n) is 5.62. The molecule has 7 nitrogen and oxygen atoms in total. The van der Waals surface area contributed by atoms with Crippen LogP contribution in [0.3, 0.4) is 0 Å². The van der Waals surface area contributed by atoms with E-state index in [9.17, 15) is 26.4 Å². The largest absolute Gasteiger partial charge is 0.445 e. The number of benzene rings is 1. The van der Waals surface area contributed by atoms with E-state index in [0.717, 1.165) is 4.88 Å². The first-order chi connectivity index (χ1) is 13.6. The van der Waals surface area contributed by atoms with Gasteiger partial charge in [0.2, 0.25) is 20.2 Å². The molecule has 0 saturated carbocycles. The molecule has 0 aliphatic heterocycles. The van der Waals surface area contributed by atoms with Crippen LogP contribution in [0, 0.1) is 0 Å². The van der Waals surface area contributed by atoms with Crippen molar-refractivity contribution in [1.82, 2.24) is 14.9 Å². The summed E-state index contributed by atoms with van der Waals surface area (Å²) in [4.78, 5) is 13.1. The third-order valence-corrected chi connectivity index (χ3v) is 6.85. The summed E-state index contributed by atoms with van der Waals surface area (Å²) in [5.74, 6) is -0.732. The first-order valence-corrected chi connectivity index (χ1v) is 11.2. The Bertz CT molecular complexity index is 1080. The lowest BCUT2D eigenvalue weighted by Crippen LogP contribution is -2.26. The number of halogens is 3. The third kappa shape index (κ3) is 5.59. The van der Waals surface area contributed by atoms with Gasteiger partial charge in [0.25, 0.3) is 5.91 Å². The Kier molecular flexibility index (Phi) is 6.31. The van der Waals surface area contributed by atoms with E-state index in [4.69, 9.17) is 0 Å². The molecule has 3 aromatic rings. The summed E-state index contributed by atoms with van der Waals surface area (Å²) in [5.41, 5.74) is 0.0614. The van der Waals surface area contributed by atoms with Crippen molar-refractivity contribution < 1.29 is 26.4 Å². The highest BCUT2D eigenvalue weighted by Gasteiger charge is 2.35. The van der Waals surface area contributed by atoms with Crippen LogP contribution >= 0.6 is 22.7 Å². The molecule has 0 aliphatic rings. The van der Waals surface area contributed by atoms with Crippen LogP contribution in [0.2, 0.25) is 0 Å². The Morgan fingerprint density at radius 1 is 1.10 bits per heavy atom. The number of nitrogens with zero attached hydrogens (tertiary/aromatic N) is 2. The Morgan fingerprint density at radius 2 is 1.83 bits per heavy atom. The topological polar surface area (TPSA) is 101 Å². The summed E-state index contributed by atoms with van der Waals surface area (Å²) in [6.45, 7) is 0.226. The molecule has 13 heteroatoms. The van der Waals surface area contributed by atoms with Crippen molar-refractivity contribution in [2.75, 3.05) is 11.9 Å². The maximum atomic E-state index is 12.5. The summed E-state index contributed by atoms with van der Waals surface area (Å²) < 4.78 is 64.6. The molecular weight excluding hydrogens is 449 g/mol. The summed E-state index contributed by atoms with van der Waals surface area (Å²) in [6.07, 6.45) is -4.09. The molecule has 2 N–H and O–H groups in total. The number of sulfonamides is 1. The van der Waals surface area contributed by atoms with E-state index in [-0.39, 0.29) is 33.5 Å². The normalized spacial score (nSPS) is 12.1. The Hall–Kier alpha value is -2.35. The number of aromatic nitrogens is 2. The molecule has 0 saturated heterocycles. The van der Waals surface area contributed by atoms with Gasteiger partial charge in [-0.3, -0.25) is 10.1 Å². The summed E-state index contributed by atoms with van der Waals surface area (Å²) in [5, 5.41) is 8.85. The number of hydrogen-bond acceptors (Lipinski definition) is 7. The molecule has 29 heavy (non-hydrogen) atoms. The molecule has 1 aromatic carbocycles. The minimum absolute atomic E-state index is 0.0319. The van der Waals surface area contributed by atoms with E-state index in [1.54, 1.807) is 0 Å². The molecule has 0 unspecified atom stereocenters. The van der Waals surface area contributed by atoms with Crippen LogP contribution in [0.1, 0.15) is 20.2 Å². The highest BCUT2D eigenvalue weighted by molar-refractivity contribution is 7.89. The quantitative estimate of drug-likeness (QED) is 0.561. The third-order valence-electron chi connectivity index (χ3n) is 3.56. The molecule has 0 spiro atoms. The minimum atomic E-state index is -4.65. The molecule has 0 fully saturated rings. The van der Waals surface area contributed by atoms with Crippen LogP contribution in [-0.2, 0) is 22.6 Å². The van der Waals surface area contributed by atoms with Gasteiger partial charge in [0.05, 0.1) is 4.90 Å². The maximum absolute atomic E-state index is 12.5. The lowest BCUT2D eigenvalue weighted by atomic mass is 10.2. The number of thiophene rings is 1. The van der Waals surface area contributed by atoms with Gasteiger partial charge in [-0.05, 0) is 42.1 Å². The number of nitrogens with one attached hydrogen (secondary N) is 2. The van der Waals surface area contributed by atoms with Crippen LogP contribution in [0.25, 0.3) is 0 Å². The Labute approximate surface area is 171 Å². The molecule has 0 aliphatic carbocycles. The van der Waals surface area contributed by atoms with Gasteiger partial charge in [0.1, 0.15) is 0 Å². The van der Waals surface area contributed by atoms with Crippen LogP contribution in [-0.4, -0.2) is 31.1 Å². The number of rotatable bonds is 7. The average Bonchev–Trinajstić information content (AvgIpc) is 3.33. The number of alkyl halides is 3. The number of hydrogen-bond donors (Lipinski definition) is 2. The molecule has 3 rings (SSSR count). The van der Waals surface area contributed by atoms with Gasteiger partial charge in [0, 0.05) is 17.0 Å². The zero-order chi connectivity index (χ0) is 21.1. The van der Waals surface area contributed by atoms with Gasteiger partial charge in [0.15, 0.2) is 0 Å². The number of anilines is 1. The van der Waals surface area contributed by atoms with E-state index < -0.39 is 27.1 Å². The van der Waals surface area contributed by atoms with Crippen molar-refractivity contribution in [3.8, 4) is 0 Å². The predicted octanol–water partition coefficient (Wildman–Crippen LogP) is 3.39. The van der Waals surface area contributed by atoms with Crippen LogP contribution in [0.15, 0.2) is 46.7 Å². The van der Waals surface area contributed by atoms with Gasteiger partial charge in [-0.1, -0.05) is 17.4 Å². The first-order valence-electron chi connectivity index (χ1n) is 7.99. The van der Waals surface area contributed by atoms with Crippen LogP contribution in [0.4, 0.5) is 18.3 Å². The van der Waals surface area contributed by atoms with E-state index in [1.807, 2.05) is 17.5 Å². The van der Waals surface area contributed by atoms with Crippen molar-refractivity contribution in [3.05, 3.63) is 57.2 Å². The fourth-order valence-corrected chi connectivity index (χ4v) is 4.54. The monoisotopic (exact) mass is 462 g/mol. The lowest BCUT2D eigenvalue weighted by Gasteiger charge is -2.07. The fraction of sp³-hybridized carbons (Fsp3) is 0.188. The number of amides is 1. The van der Waals surface area contributed by atoms with Crippen molar-refractivity contribution in [3.63, 3.8) is 0 Å². The van der Waals surface area contributed by atoms with Crippen molar-refractivity contribution in [2.45, 2.75) is 17.5 Å². The molecular formula is C16H13F3N4O3S3. The van der Waals surface area contributed by atoms with Crippen LogP contribution < -0.4 is 10.0 Å². The molecule has 154 valence electrons. The first kappa shape index (κ1) is 21.4. The smallest absolute Gasteiger partial charge is 0.296 e. The SMILES string of the molecule is O=C(Nc1nnc(C(F)(F)F)s1)c1ccc(S(=O)(=O)NCCc2cccs2)cc1. The van der Waals surface area contributed by atoms with Crippen molar-refractivity contribution in [1.29, 1.82) is 0 Å². The lowest BCUT2D eigenvalue weighted by molar-refractivity contribution is -0.138. The fourth-order valence-electron chi connectivity index (χ4n) is 2.19. The van der Waals surface area contributed by atoms with E-state index >= 15 is 0 Å². The molecule has 2 heterocycles. The van der Waals surface area contributed by atoms with Gasteiger partial charge in [-0.2, -0.15) is 13.2 Å². The number of carbonyl (C=O) groups excluding carboxylic acids is 1. The highest BCUT2D eigenvalue weighted by atomic mass is 32.2. The summed E-state index contributed by atoms with van der Waals surface area (Å²) in [6, 6.07) is 8.78. The molecule has 0 atom stereocenters. The molecule has 0 radical (unpaired) electrons. The minimum Gasteiger partial charge on any atom is -0.296 e. The molecule has 0 bridgehead atoms. The molecule has 1 amide bonds. The average molecular weight is 463 g/mol. The zero-order valence-electron chi connectivity index (χ0n) is 14.4. The predicted molar refractivity (Wildman–Crippen MR) is 103 cm³/mol. The van der Waals surface area contributed by atoms with Crippen molar-refractivity contribution >= 4 is 43.7 Å². The van der Waals surface area contributed by atoms with Gasteiger partial charge < -0.3 is 0 Å². The van der Waals surface area contributed by atoms with E-state index in [2.05, 4.69) is 20.2 Å². The van der Waals surface area contributed by atoms with Gasteiger partial charge >= 0.3 is 6.18 Å².